The summed E-state index contributed by atoms with van der Waals surface area (Å²) in [4.78, 5) is 17.2. The molecular formula is C22H28ClN3O2. The van der Waals surface area contributed by atoms with Crippen molar-refractivity contribution in [1.29, 1.82) is 0 Å². The molecule has 0 bridgehead atoms. The van der Waals surface area contributed by atoms with E-state index in [2.05, 4.69) is 27.2 Å². The minimum atomic E-state index is -0.129. The molecule has 1 heterocycles. The first kappa shape index (κ1) is 20.6. The van der Waals surface area contributed by atoms with E-state index >= 15 is 0 Å². The van der Waals surface area contributed by atoms with Gasteiger partial charge in [-0.3, -0.25) is 14.6 Å². The first-order chi connectivity index (χ1) is 13.5. The maximum atomic E-state index is 12.5. The van der Waals surface area contributed by atoms with Gasteiger partial charge in [0.2, 0.25) is 5.91 Å². The Morgan fingerprint density at radius 1 is 1.04 bits per heavy atom. The third-order valence-corrected chi connectivity index (χ3v) is 5.53. The number of hydrogen-bond acceptors (Lipinski definition) is 4. The predicted octanol–water partition coefficient (Wildman–Crippen LogP) is 3.17. The van der Waals surface area contributed by atoms with E-state index in [1.54, 1.807) is 7.11 Å². The Kier molecular flexibility index (Phi) is 7.31. The lowest BCUT2D eigenvalue weighted by molar-refractivity contribution is -0.126. The minimum absolute atomic E-state index is 0.0713. The fraction of sp³-hybridized carbons (Fsp3) is 0.409. The Morgan fingerprint density at radius 3 is 2.25 bits per heavy atom. The summed E-state index contributed by atoms with van der Waals surface area (Å²) in [5.41, 5.74) is 2.33. The summed E-state index contributed by atoms with van der Waals surface area (Å²) >= 11 is 5.95. The first-order valence-electron chi connectivity index (χ1n) is 9.66. The monoisotopic (exact) mass is 401 g/mol. The van der Waals surface area contributed by atoms with Crippen LogP contribution in [0.2, 0.25) is 5.02 Å². The smallest absolute Gasteiger partial charge is 0.237 e. The van der Waals surface area contributed by atoms with Gasteiger partial charge in [0, 0.05) is 44.3 Å². The van der Waals surface area contributed by atoms with Gasteiger partial charge in [0.05, 0.1) is 13.2 Å². The molecule has 5 nitrogen and oxygen atoms in total. The van der Waals surface area contributed by atoms with Crippen LogP contribution in [0, 0.1) is 0 Å². The minimum Gasteiger partial charge on any atom is -0.497 e. The van der Waals surface area contributed by atoms with Crippen LogP contribution in [0.1, 0.15) is 18.1 Å². The second-order valence-corrected chi connectivity index (χ2v) is 7.62. The summed E-state index contributed by atoms with van der Waals surface area (Å²) in [6, 6.07) is 15.6. The van der Waals surface area contributed by atoms with Crippen molar-refractivity contribution >= 4 is 17.5 Å². The van der Waals surface area contributed by atoms with Crippen molar-refractivity contribution < 1.29 is 9.53 Å². The lowest BCUT2D eigenvalue weighted by Crippen LogP contribution is -2.53. The van der Waals surface area contributed by atoms with Gasteiger partial charge in [-0.2, -0.15) is 0 Å². The van der Waals surface area contributed by atoms with Gasteiger partial charge in [0.25, 0.3) is 0 Å². The van der Waals surface area contributed by atoms with E-state index in [1.165, 1.54) is 5.56 Å². The van der Waals surface area contributed by atoms with Crippen LogP contribution in [0.5, 0.6) is 5.75 Å². The van der Waals surface area contributed by atoms with E-state index in [4.69, 9.17) is 16.3 Å². The molecule has 1 aliphatic rings. The van der Waals surface area contributed by atoms with Crippen LogP contribution in [0.15, 0.2) is 48.5 Å². The van der Waals surface area contributed by atoms with Crippen LogP contribution in [-0.4, -0.2) is 55.0 Å². The molecule has 0 radical (unpaired) electrons. The molecule has 0 unspecified atom stereocenters. The molecule has 28 heavy (non-hydrogen) atoms. The van der Waals surface area contributed by atoms with Crippen LogP contribution in [0.4, 0.5) is 0 Å². The van der Waals surface area contributed by atoms with E-state index in [1.807, 2.05) is 43.3 Å². The Hall–Kier alpha value is -2.08. The first-order valence-corrected chi connectivity index (χ1v) is 10.0. The highest BCUT2D eigenvalue weighted by molar-refractivity contribution is 6.30. The summed E-state index contributed by atoms with van der Waals surface area (Å²) in [5, 5.41) is 3.81. The fourth-order valence-electron chi connectivity index (χ4n) is 3.40. The summed E-state index contributed by atoms with van der Waals surface area (Å²) < 4.78 is 5.16. The number of carbonyl (C=O) groups is 1. The zero-order valence-electron chi connectivity index (χ0n) is 16.5. The van der Waals surface area contributed by atoms with E-state index in [0.717, 1.165) is 49.1 Å². The van der Waals surface area contributed by atoms with Gasteiger partial charge in [0.1, 0.15) is 5.75 Å². The van der Waals surface area contributed by atoms with Crippen molar-refractivity contribution in [2.75, 3.05) is 33.3 Å². The summed E-state index contributed by atoms with van der Waals surface area (Å²) in [5.74, 6) is 0.891. The number of rotatable bonds is 7. The molecule has 0 aliphatic carbocycles. The largest absolute Gasteiger partial charge is 0.497 e. The SMILES string of the molecule is COc1ccc(CNC(=O)[C@H](C)N2CCN(Cc3ccc(Cl)cc3)CC2)cc1. The molecule has 2 aromatic carbocycles. The molecule has 150 valence electrons. The normalized spacial score (nSPS) is 16.5. The second-order valence-electron chi connectivity index (χ2n) is 7.18. The molecule has 6 heteroatoms. The molecule has 1 fully saturated rings. The Balaban J connectivity index is 1.42. The molecule has 1 amide bonds. The Morgan fingerprint density at radius 2 is 1.64 bits per heavy atom. The Labute approximate surface area is 172 Å². The fourth-order valence-corrected chi connectivity index (χ4v) is 3.53. The van der Waals surface area contributed by atoms with Crippen molar-refractivity contribution in [2.45, 2.75) is 26.1 Å². The summed E-state index contributed by atoms with van der Waals surface area (Å²) in [6.07, 6.45) is 0. The number of nitrogens with one attached hydrogen (secondary N) is 1. The quantitative estimate of drug-likeness (QED) is 0.774. The number of nitrogens with zero attached hydrogens (tertiary/aromatic N) is 2. The molecule has 1 atom stereocenters. The van der Waals surface area contributed by atoms with Gasteiger partial charge >= 0.3 is 0 Å². The van der Waals surface area contributed by atoms with Crippen LogP contribution >= 0.6 is 11.6 Å². The summed E-state index contributed by atoms with van der Waals surface area (Å²) in [6.45, 7) is 7.14. The van der Waals surface area contributed by atoms with E-state index in [-0.39, 0.29) is 11.9 Å². The number of halogens is 1. The van der Waals surface area contributed by atoms with E-state index in [0.29, 0.717) is 6.54 Å². The van der Waals surface area contributed by atoms with Crippen LogP contribution in [0.25, 0.3) is 0 Å². The maximum absolute atomic E-state index is 12.5. The average molecular weight is 402 g/mol. The lowest BCUT2D eigenvalue weighted by Gasteiger charge is -2.37. The molecule has 3 rings (SSSR count). The van der Waals surface area contributed by atoms with E-state index in [9.17, 15) is 4.79 Å². The zero-order valence-corrected chi connectivity index (χ0v) is 17.3. The molecule has 0 saturated carbocycles. The predicted molar refractivity (Wildman–Crippen MR) is 113 cm³/mol. The van der Waals surface area contributed by atoms with Crippen molar-refractivity contribution in [3.63, 3.8) is 0 Å². The lowest BCUT2D eigenvalue weighted by atomic mass is 10.1. The van der Waals surface area contributed by atoms with Crippen molar-refractivity contribution in [3.05, 3.63) is 64.7 Å². The number of piperazine rings is 1. The number of methoxy groups -OCH3 is 1. The van der Waals surface area contributed by atoms with Gasteiger partial charge in [-0.25, -0.2) is 0 Å². The molecular weight excluding hydrogens is 374 g/mol. The highest BCUT2D eigenvalue weighted by Crippen LogP contribution is 2.14. The number of ether oxygens (including phenoxy) is 1. The van der Waals surface area contributed by atoms with Gasteiger partial charge in [0.15, 0.2) is 0 Å². The highest BCUT2D eigenvalue weighted by Gasteiger charge is 2.25. The number of carbonyl (C=O) groups excluding carboxylic acids is 1. The van der Waals surface area contributed by atoms with Crippen LogP contribution < -0.4 is 10.1 Å². The number of benzene rings is 2. The standard InChI is InChI=1S/C22H28ClN3O2/c1-17(22(27)24-15-18-5-9-21(28-2)10-6-18)26-13-11-25(12-14-26)16-19-3-7-20(23)8-4-19/h3-10,17H,11-16H2,1-2H3,(H,24,27)/t17-/m0/s1. The third-order valence-electron chi connectivity index (χ3n) is 5.28. The van der Waals surface area contributed by atoms with Crippen LogP contribution in [0.3, 0.4) is 0 Å². The molecule has 0 spiro atoms. The van der Waals surface area contributed by atoms with Crippen LogP contribution in [-0.2, 0) is 17.9 Å². The molecule has 1 saturated heterocycles. The third kappa shape index (κ3) is 5.71. The highest BCUT2D eigenvalue weighted by atomic mass is 35.5. The number of hydrogen-bond donors (Lipinski definition) is 1. The van der Waals surface area contributed by atoms with Gasteiger partial charge in [-0.05, 0) is 42.3 Å². The van der Waals surface area contributed by atoms with Crippen molar-refractivity contribution in [2.24, 2.45) is 0 Å². The summed E-state index contributed by atoms with van der Waals surface area (Å²) in [7, 11) is 1.65. The molecule has 2 aromatic rings. The van der Waals surface area contributed by atoms with Gasteiger partial charge < -0.3 is 10.1 Å². The Bertz CT molecular complexity index is 756. The molecule has 0 aromatic heterocycles. The number of amides is 1. The second kappa shape index (κ2) is 9.92. The maximum Gasteiger partial charge on any atom is 0.237 e. The molecule has 1 aliphatic heterocycles. The molecule has 1 N–H and O–H groups in total. The van der Waals surface area contributed by atoms with Crippen molar-refractivity contribution in [3.8, 4) is 5.75 Å². The zero-order chi connectivity index (χ0) is 19.9. The van der Waals surface area contributed by atoms with E-state index < -0.39 is 0 Å². The van der Waals surface area contributed by atoms with Gasteiger partial charge in [-0.1, -0.05) is 35.9 Å². The topological polar surface area (TPSA) is 44.8 Å². The average Bonchev–Trinajstić information content (AvgIpc) is 2.74. The van der Waals surface area contributed by atoms with Crippen molar-refractivity contribution in [1.82, 2.24) is 15.1 Å². The van der Waals surface area contributed by atoms with Gasteiger partial charge in [-0.15, -0.1) is 0 Å².